The lowest BCUT2D eigenvalue weighted by molar-refractivity contribution is 0.115. The van der Waals surface area contributed by atoms with Crippen LogP contribution in [0.15, 0.2) is 34.5 Å². The molecule has 3 heterocycles. The summed E-state index contributed by atoms with van der Waals surface area (Å²) in [6.45, 7) is 7.16. The number of allylic oxidation sites excluding steroid dienone is 1. The van der Waals surface area contributed by atoms with Crippen molar-refractivity contribution in [2.24, 2.45) is 4.99 Å². The fraction of sp³-hybridized carbons (Fsp3) is 0.684. The van der Waals surface area contributed by atoms with Crippen LogP contribution in [-0.2, 0) is 0 Å². The second-order valence-corrected chi connectivity index (χ2v) is 8.33. The molecule has 2 unspecified atom stereocenters. The molecule has 2 fully saturated rings. The first-order valence-electron chi connectivity index (χ1n) is 9.14. The maximum atomic E-state index is 4.98. The zero-order valence-electron chi connectivity index (χ0n) is 14.1. The molecule has 1 aliphatic carbocycles. The number of rotatable bonds is 1. The van der Waals surface area contributed by atoms with Crippen LogP contribution in [0.2, 0.25) is 0 Å². The minimum atomic E-state index is 0.281. The molecule has 3 aliphatic heterocycles. The minimum absolute atomic E-state index is 0.281. The van der Waals surface area contributed by atoms with Crippen LogP contribution < -0.4 is 0 Å². The molecule has 4 rings (SSSR count). The Bertz CT molecular complexity index is 559. The molecule has 0 radical (unpaired) electrons. The SMILES string of the molecule is CC1=CC2SC(N3CCC(N4CCCCC4)CC3)=NC2C=C=C1. The summed E-state index contributed by atoms with van der Waals surface area (Å²) < 4.78 is 0. The average molecular weight is 330 g/mol. The van der Waals surface area contributed by atoms with E-state index >= 15 is 0 Å². The van der Waals surface area contributed by atoms with Gasteiger partial charge >= 0.3 is 0 Å². The third-order valence-corrected chi connectivity index (χ3v) is 6.75. The van der Waals surface area contributed by atoms with E-state index in [0.717, 1.165) is 6.04 Å². The fourth-order valence-electron chi connectivity index (χ4n) is 4.13. The van der Waals surface area contributed by atoms with Crippen molar-refractivity contribution >= 4 is 16.9 Å². The summed E-state index contributed by atoms with van der Waals surface area (Å²) in [6.07, 6.45) is 13.4. The first-order chi connectivity index (χ1) is 11.3. The Hall–Kier alpha value is -0.960. The number of aliphatic imine (C=N–C) groups is 1. The molecule has 0 bridgehead atoms. The molecule has 0 saturated carbocycles. The maximum absolute atomic E-state index is 4.98. The van der Waals surface area contributed by atoms with E-state index in [1.807, 2.05) is 11.8 Å². The van der Waals surface area contributed by atoms with Gasteiger partial charge in [0.15, 0.2) is 5.17 Å². The summed E-state index contributed by atoms with van der Waals surface area (Å²) in [7, 11) is 0. The van der Waals surface area contributed by atoms with Gasteiger partial charge in [0.05, 0.1) is 11.3 Å². The number of fused-ring (bicyclic) bond motifs is 1. The molecule has 2 atom stereocenters. The van der Waals surface area contributed by atoms with Crippen LogP contribution in [0.3, 0.4) is 0 Å². The van der Waals surface area contributed by atoms with Crippen molar-refractivity contribution in [2.75, 3.05) is 26.2 Å². The van der Waals surface area contributed by atoms with Gasteiger partial charge in [0.25, 0.3) is 0 Å². The Kier molecular flexibility index (Phi) is 4.66. The van der Waals surface area contributed by atoms with Crippen molar-refractivity contribution in [3.8, 4) is 0 Å². The van der Waals surface area contributed by atoms with Gasteiger partial charge in [-0.1, -0.05) is 24.3 Å². The van der Waals surface area contributed by atoms with Gasteiger partial charge in [-0.15, -0.1) is 5.73 Å². The number of nitrogens with zero attached hydrogens (tertiary/aromatic N) is 3. The van der Waals surface area contributed by atoms with Gasteiger partial charge in [0, 0.05) is 19.1 Å². The highest BCUT2D eigenvalue weighted by Crippen LogP contribution is 2.34. The quantitative estimate of drug-likeness (QED) is 0.687. The van der Waals surface area contributed by atoms with Gasteiger partial charge in [-0.25, -0.2) is 0 Å². The first-order valence-corrected chi connectivity index (χ1v) is 10.0. The maximum Gasteiger partial charge on any atom is 0.160 e. The zero-order valence-corrected chi connectivity index (χ0v) is 14.9. The van der Waals surface area contributed by atoms with Gasteiger partial charge in [-0.2, -0.15) is 0 Å². The summed E-state index contributed by atoms with van der Waals surface area (Å²) in [6, 6.07) is 1.09. The predicted molar refractivity (Wildman–Crippen MR) is 99.0 cm³/mol. The van der Waals surface area contributed by atoms with E-state index in [0.29, 0.717) is 5.25 Å². The Morgan fingerprint density at radius 1 is 1.13 bits per heavy atom. The van der Waals surface area contributed by atoms with Crippen molar-refractivity contribution < 1.29 is 0 Å². The van der Waals surface area contributed by atoms with E-state index in [2.05, 4.69) is 40.7 Å². The van der Waals surface area contributed by atoms with E-state index in [1.54, 1.807) is 0 Å². The van der Waals surface area contributed by atoms with E-state index in [1.165, 1.54) is 69.0 Å². The Balaban J connectivity index is 1.36. The summed E-state index contributed by atoms with van der Waals surface area (Å²) in [5.41, 5.74) is 4.59. The standard InChI is InChI=1S/C19H27N3S/c1-15-6-5-7-17-18(14-15)23-19(20-17)22-12-8-16(9-13-22)21-10-3-2-4-11-21/h6-7,14,16-18H,2-4,8-13H2,1H3. The lowest BCUT2D eigenvalue weighted by atomic mass is 10.0. The molecule has 0 aromatic carbocycles. The largest absolute Gasteiger partial charge is 0.351 e. The van der Waals surface area contributed by atoms with Crippen molar-refractivity contribution in [1.29, 1.82) is 0 Å². The van der Waals surface area contributed by atoms with Crippen LogP contribution in [0.5, 0.6) is 0 Å². The normalized spacial score (nSPS) is 32.5. The molecule has 3 nitrogen and oxygen atoms in total. The highest BCUT2D eigenvalue weighted by atomic mass is 32.2. The topological polar surface area (TPSA) is 18.8 Å². The van der Waals surface area contributed by atoms with Crippen molar-refractivity contribution in [3.63, 3.8) is 0 Å². The number of likely N-dealkylation sites (tertiary alicyclic amines) is 2. The van der Waals surface area contributed by atoms with Crippen LogP contribution in [0.1, 0.15) is 39.0 Å². The molecule has 0 spiro atoms. The average Bonchev–Trinajstić information content (AvgIpc) is 2.90. The van der Waals surface area contributed by atoms with Gasteiger partial charge in [0.1, 0.15) is 0 Å². The van der Waals surface area contributed by atoms with Crippen molar-refractivity contribution in [1.82, 2.24) is 9.80 Å². The Morgan fingerprint density at radius 3 is 2.70 bits per heavy atom. The van der Waals surface area contributed by atoms with Gasteiger partial charge in [-0.05, 0) is 63.4 Å². The molecule has 2 saturated heterocycles. The second-order valence-electron chi connectivity index (χ2n) is 7.19. The number of piperidine rings is 2. The smallest absolute Gasteiger partial charge is 0.160 e. The summed E-state index contributed by atoms with van der Waals surface area (Å²) in [5, 5.41) is 1.73. The Morgan fingerprint density at radius 2 is 1.91 bits per heavy atom. The zero-order chi connectivity index (χ0) is 15.6. The molecule has 4 aliphatic rings. The monoisotopic (exact) mass is 329 g/mol. The van der Waals surface area contributed by atoms with E-state index in [9.17, 15) is 0 Å². The predicted octanol–water partition coefficient (Wildman–Crippen LogP) is 3.45. The molecule has 0 amide bonds. The molecule has 0 aromatic rings. The molecular weight excluding hydrogens is 302 g/mol. The van der Waals surface area contributed by atoms with Crippen LogP contribution in [0.25, 0.3) is 0 Å². The number of amidine groups is 1. The number of thioether (sulfide) groups is 1. The molecule has 4 heteroatoms. The molecule has 0 N–H and O–H groups in total. The minimum Gasteiger partial charge on any atom is -0.351 e. The first kappa shape index (κ1) is 15.6. The van der Waals surface area contributed by atoms with Crippen molar-refractivity contribution in [2.45, 2.75) is 56.4 Å². The number of hydrogen-bond acceptors (Lipinski definition) is 4. The van der Waals surface area contributed by atoms with Crippen LogP contribution in [0, 0.1) is 0 Å². The van der Waals surface area contributed by atoms with Gasteiger partial charge in [0.2, 0.25) is 0 Å². The lowest BCUT2D eigenvalue weighted by Gasteiger charge is -2.40. The van der Waals surface area contributed by atoms with Gasteiger partial charge in [-0.3, -0.25) is 4.99 Å². The third-order valence-electron chi connectivity index (χ3n) is 5.48. The summed E-state index contributed by atoms with van der Waals surface area (Å²) in [5.74, 6) is 0. The highest BCUT2D eigenvalue weighted by Gasteiger charge is 2.33. The number of hydrogen-bond donors (Lipinski definition) is 0. The van der Waals surface area contributed by atoms with Crippen LogP contribution in [0.4, 0.5) is 0 Å². The van der Waals surface area contributed by atoms with Crippen LogP contribution >= 0.6 is 11.8 Å². The Labute approximate surface area is 144 Å². The molecule has 124 valence electrons. The summed E-state index contributed by atoms with van der Waals surface area (Å²) >= 11 is 1.95. The molecule has 0 aromatic heterocycles. The van der Waals surface area contributed by atoms with E-state index < -0.39 is 0 Å². The van der Waals surface area contributed by atoms with E-state index in [4.69, 9.17) is 4.99 Å². The molecule has 23 heavy (non-hydrogen) atoms. The highest BCUT2D eigenvalue weighted by molar-refractivity contribution is 8.14. The van der Waals surface area contributed by atoms with Gasteiger partial charge < -0.3 is 9.80 Å². The lowest BCUT2D eigenvalue weighted by Crippen LogP contribution is -2.47. The third kappa shape index (κ3) is 3.45. The molecular formula is C19H27N3S. The van der Waals surface area contributed by atoms with Crippen molar-refractivity contribution in [3.05, 3.63) is 29.5 Å². The fourth-order valence-corrected chi connectivity index (χ4v) is 5.45. The van der Waals surface area contributed by atoms with Crippen LogP contribution in [-0.4, -0.2) is 58.5 Å². The summed E-state index contributed by atoms with van der Waals surface area (Å²) in [4.78, 5) is 10.2. The second kappa shape index (κ2) is 6.88. The van der Waals surface area contributed by atoms with E-state index in [-0.39, 0.29) is 6.04 Å².